The molecule has 0 spiro atoms. The maximum atomic E-state index is 10.2. The van der Waals surface area contributed by atoms with Crippen LogP contribution in [0.1, 0.15) is 24.8 Å². The van der Waals surface area contributed by atoms with Crippen molar-refractivity contribution in [3.8, 4) is 0 Å². The van der Waals surface area contributed by atoms with Crippen LogP contribution in [0.15, 0.2) is 29.6 Å². The Morgan fingerprint density at radius 2 is 2.05 bits per heavy atom. The van der Waals surface area contributed by atoms with Crippen LogP contribution in [0.4, 0.5) is 0 Å². The predicted octanol–water partition coefficient (Wildman–Crippen LogP) is 2.61. The van der Waals surface area contributed by atoms with E-state index in [1.165, 1.54) is 15.6 Å². The number of thiophene rings is 1. The summed E-state index contributed by atoms with van der Waals surface area (Å²) >= 11 is 1.80. The SMILES string of the molecule is OC[C@@]1(O)CCCN(Cc2csc3ccccc23)CC1. The number of likely N-dealkylation sites (tertiary alicyclic amines) is 1. The number of nitrogens with zero attached hydrogens (tertiary/aromatic N) is 1. The molecule has 0 amide bonds. The molecule has 0 radical (unpaired) electrons. The van der Waals surface area contributed by atoms with Gasteiger partial charge in [0.05, 0.1) is 12.2 Å². The normalized spacial score (nSPS) is 24.9. The van der Waals surface area contributed by atoms with E-state index in [1.54, 1.807) is 11.3 Å². The molecule has 20 heavy (non-hydrogen) atoms. The minimum Gasteiger partial charge on any atom is -0.393 e. The van der Waals surface area contributed by atoms with Gasteiger partial charge in [-0.05, 0) is 48.2 Å². The van der Waals surface area contributed by atoms with Gasteiger partial charge in [0.1, 0.15) is 0 Å². The van der Waals surface area contributed by atoms with E-state index in [4.69, 9.17) is 0 Å². The monoisotopic (exact) mass is 291 g/mol. The van der Waals surface area contributed by atoms with Gasteiger partial charge in [0.25, 0.3) is 0 Å². The van der Waals surface area contributed by atoms with Crippen LogP contribution in [0.2, 0.25) is 0 Å². The molecule has 1 fully saturated rings. The van der Waals surface area contributed by atoms with Crippen LogP contribution >= 0.6 is 11.3 Å². The topological polar surface area (TPSA) is 43.7 Å². The summed E-state index contributed by atoms with van der Waals surface area (Å²) in [5, 5.41) is 23.1. The second-order valence-corrected chi connectivity index (χ2v) is 6.68. The first-order valence-electron chi connectivity index (χ1n) is 7.21. The zero-order valence-corrected chi connectivity index (χ0v) is 12.4. The van der Waals surface area contributed by atoms with Gasteiger partial charge in [-0.25, -0.2) is 0 Å². The number of fused-ring (bicyclic) bond motifs is 1. The number of aliphatic hydroxyl groups is 2. The Labute approximate surface area is 123 Å². The van der Waals surface area contributed by atoms with E-state index in [2.05, 4.69) is 34.5 Å². The molecule has 1 saturated heterocycles. The number of benzene rings is 1. The van der Waals surface area contributed by atoms with Crippen LogP contribution in [-0.2, 0) is 6.54 Å². The van der Waals surface area contributed by atoms with Crippen molar-refractivity contribution in [2.24, 2.45) is 0 Å². The average Bonchev–Trinajstić information content (AvgIpc) is 2.78. The largest absolute Gasteiger partial charge is 0.393 e. The van der Waals surface area contributed by atoms with Gasteiger partial charge in [0, 0.05) is 17.8 Å². The molecule has 0 unspecified atom stereocenters. The predicted molar refractivity (Wildman–Crippen MR) is 83.0 cm³/mol. The molecule has 4 heteroatoms. The minimum atomic E-state index is -0.870. The highest BCUT2D eigenvalue weighted by atomic mass is 32.1. The zero-order valence-electron chi connectivity index (χ0n) is 11.6. The highest BCUT2D eigenvalue weighted by molar-refractivity contribution is 7.17. The summed E-state index contributed by atoms with van der Waals surface area (Å²) in [5.74, 6) is 0. The van der Waals surface area contributed by atoms with Crippen LogP contribution in [0.25, 0.3) is 10.1 Å². The van der Waals surface area contributed by atoms with Gasteiger partial charge in [-0.3, -0.25) is 4.90 Å². The fourth-order valence-corrected chi connectivity index (χ4v) is 3.90. The second kappa shape index (κ2) is 5.82. The van der Waals surface area contributed by atoms with Crippen LogP contribution in [0, 0.1) is 0 Å². The van der Waals surface area contributed by atoms with Gasteiger partial charge in [-0.15, -0.1) is 11.3 Å². The lowest BCUT2D eigenvalue weighted by Gasteiger charge is -2.24. The summed E-state index contributed by atoms with van der Waals surface area (Å²) in [7, 11) is 0. The van der Waals surface area contributed by atoms with Crippen molar-refractivity contribution in [3.05, 3.63) is 35.2 Å². The van der Waals surface area contributed by atoms with Crippen molar-refractivity contribution in [1.29, 1.82) is 0 Å². The van der Waals surface area contributed by atoms with Crippen molar-refractivity contribution in [3.63, 3.8) is 0 Å². The molecule has 3 rings (SSSR count). The van der Waals surface area contributed by atoms with Crippen molar-refractivity contribution < 1.29 is 10.2 Å². The highest BCUT2D eigenvalue weighted by Crippen LogP contribution is 2.28. The third-order valence-electron chi connectivity index (χ3n) is 4.26. The molecule has 3 nitrogen and oxygen atoms in total. The molecule has 1 atom stereocenters. The summed E-state index contributed by atoms with van der Waals surface area (Å²) in [6, 6.07) is 8.51. The molecule has 2 aromatic rings. The summed E-state index contributed by atoms with van der Waals surface area (Å²) in [6.45, 7) is 2.65. The molecule has 0 bridgehead atoms. The van der Waals surface area contributed by atoms with Crippen LogP contribution in [0.3, 0.4) is 0 Å². The molecule has 2 N–H and O–H groups in total. The summed E-state index contributed by atoms with van der Waals surface area (Å²) < 4.78 is 1.34. The maximum Gasteiger partial charge on any atom is 0.0890 e. The number of hydrogen-bond acceptors (Lipinski definition) is 4. The summed E-state index contributed by atoms with van der Waals surface area (Å²) in [6.07, 6.45) is 2.30. The van der Waals surface area contributed by atoms with Crippen LogP contribution < -0.4 is 0 Å². The molecule has 0 aliphatic carbocycles. The van der Waals surface area contributed by atoms with E-state index in [0.29, 0.717) is 12.8 Å². The molecule has 1 aliphatic rings. The number of aliphatic hydroxyl groups excluding tert-OH is 1. The fraction of sp³-hybridized carbons (Fsp3) is 0.500. The Balaban J connectivity index is 1.72. The summed E-state index contributed by atoms with van der Waals surface area (Å²) in [5.41, 5.74) is 0.505. The van der Waals surface area contributed by atoms with Gasteiger partial charge in [0.15, 0.2) is 0 Å². The van der Waals surface area contributed by atoms with E-state index in [0.717, 1.165) is 26.1 Å². The van der Waals surface area contributed by atoms with Gasteiger partial charge >= 0.3 is 0 Å². The second-order valence-electron chi connectivity index (χ2n) is 5.77. The van der Waals surface area contributed by atoms with E-state index < -0.39 is 5.60 Å². The third-order valence-corrected chi connectivity index (χ3v) is 5.27. The molecule has 1 aliphatic heterocycles. The zero-order chi connectivity index (χ0) is 14.0. The highest BCUT2D eigenvalue weighted by Gasteiger charge is 2.29. The van der Waals surface area contributed by atoms with E-state index >= 15 is 0 Å². The third kappa shape index (κ3) is 2.88. The fourth-order valence-electron chi connectivity index (χ4n) is 2.95. The van der Waals surface area contributed by atoms with Gasteiger partial charge in [-0.2, -0.15) is 0 Å². The standard InChI is InChI=1S/C16H21NO2S/c18-12-16(19)6-3-8-17(9-7-16)10-13-11-20-15-5-2-1-4-14(13)15/h1-2,4-5,11,18-19H,3,6-10,12H2/t16-/m1/s1. The molecule has 0 saturated carbocycles. The lowest BCUT2D eigenvalue weighted by molar-refractivity contribution is -0.0255. The average molecular weight is 291 g/mol. The Kier molecular flexibility index (Phi) is 4.08. The van der Waals surface area contributed by atoms with Gasteiger partial charge in [0.2, 0.25) is 0 Å². The lowest BCUT2D eigenvalue weighted by atomic mass is 9.96. The molecule has 108 valence electrons. The molecule has 1 aromatic carbocycles. The Morgan fingerprint density at radius 1 is 1.20 bits per heavy atom. The van der Waals surface area contributed by atoms with Gasteiger partial charge in [-0.1, -0.05) is 18.2 Å². The smallest absolute Gasteiger partial charge is 0.0890 e. The first-order valence-corrected chi connectivity index (χ1v) is 8.09. The van der Waals surface area contributed by atoms with Crippen molar-refractivity contribution in [1.82, 2.24) is 4.90 Å². The minimum absolute atomic E-state index is 0.123. The Bertz CT molecular complexity index is 583. The number of rotatable bonds is 3. The first kappa shape index (κ1) is 14.0. The van der Waals surface area contributed by atoms with E-state index in [9.17, 15) is 10.2 Å². The van der Waals surface area contributed by atoms with Crippen molar-refractivity contribution >= 4 is 21.4 Å². The lowest BCUT2D eigenvalue weighted by Crippen LogP contribution is -2.34. The van der Waals surface area contributed by atoms with E-state index in [1.807, 2.05) is 0 Å². The van der Waals surface area contributed by atoms with Crippen molar-refractivity contribution in [2.75, 3.05) is 19.7 Å². The first-order chi connectivity index (χ1) is 9.70. The van der Waals surface area contributed by atoms with Crippen molar-refractivity contribution in [2.45, 2.75) is 31.4 Å². The molecular weight excluding hydrogens is 270 g/mol. The quantitative estimate of drug-likeness (QED) is 0.913. The van der Waals surface area contributed by atoms with Gasteiger partial charge < -0.3 is 10.2 Å². The maximum absolute atomic E-state index is 10.2. The number of hydrogen-bond donors (Lipinski definition) is 2. The van der Waals surface area contributed by atoms with Crippen LogP contribution in [-0.4, -0.2) is 40.4 Å². The summed E-state index contributed by atoms with van der Waals surface area (Å²) in [4.78, 5) is 2.39. The Hall–Kier alpha value is -0.940. The van der Waals surface area contributed by atoms with E-state index in [-0.39, 0.29) is 6.61 Å². The Morgan fingerprint density at radius 3 is 2.90 bits per heavy atom. The molecule has 2 heterocycles. The van der Waals surface area contributed by atoms with Crippen LogP contribution in [0.5, 0.6) is 0 Å². The molecule has 1 aromatic heterocycles. The molecular formula is C16H21NO2S.